The number of aliphatic hydroxyl groups is 1. The molecule has 0 aromatic carbocycles. The molecule has 0 aliphatic heterocycles. The lowest BCUT2D eigenvalue weighted by Crippen LogP contribution is -2.24. The third-order valence-corrected chi connectivity index (χ3v) is 1.84. The summed E-state index contributed by atoms with van der Waals surface area (Å²) in [6.07, 6.45) is 0.789. The first-order valence-corrected chi connectivity index (χ1v) is 3.47. The van der Waals surface area contributed by atoms with Gasteiger partial charge in [0.15, 0.2) is 0 Å². The van der Waals surface area contributed by atoms with Gasteiger partial charge in [0.05, 0.1) is 12.5 Å². The van der Waals surface area contributed by atoms with Crippen LogP contribution < -0.4 is 0 Å². The van der Waals surface area contributed by atoms with Crippen LogP contribution in [0.2, 0.25) is 0 Å². The van der Waals surface area contributed by atoms with Crippen molar-refractivity contribution in [2.24, 2.45) is 11.8 Å². The Balaban J connectivity index is 3.92. The Morgan fingerprint density at radius 3 is 2.20 bits per heavy atom. The average molecular weight is 146 g/mol. The summed E-state index contributed by atoms with van der Waals surface area (Å²) >= 11 is 0. The van der Waals surface area contributed by atoms with Crippen LogP contribution in [-0.4, -0.2) is 22.8 Å². The Bertz CT molecular complexity index is 111. The standard InChI is InChI=1S/C7H14O3/c1-3-5(2)6(4-8)7(9)10/h5-6,8H,3-4H2,1-2H3,(H,9,10)/t5?,6-/m1/s1. The van der Waals surface area contributed by atoms with Crippen molar-refractivity contribution in [3.63, 3.8) is 0 Å². The van der Waals surface area contributed by atoms with E-state index in [2.05, 4.69) is 0 Å². The van der Waals surface area contributed by atoms with Gasteiger partial charge in [-0.25, -0.2) is 0 Å². The molecule has 0 aliphatic carbocycles. The molecular weight excluding hydrogens is 132 g/mol. The summed E-state index contributed by atoms with van der Waals surface area (Å²) < 4.78 is 0. The minimum Gasteiger partial charge on any atom is -0.481 e. The predicted octanol–water partition coefficient (Wildman–Crippen LogP) is 0.726. The Hall–Kier alpha value is -0.570. The lowest BCUT2D eigenvalue weighted by Gasteiger charge is -2.14. The third-order valence-electron chi connectivity index (χ3n) is 1.84. The highest BCUT2D eigenvalue weighted by Gasteiger charge is 2.21. The van der Waals surface area contributed by atoms with E-state index in [9.17, 15) is 4.79 Å². The number of carbonyl (C=O) groups is 1. The molecule has 10 heavy (non-hydrogen) atoms. The number of rotatable bonds is 4. The fourth-order valence-corrected chi connectivity index (χ4v) is 0.786. The second-order valence-corrected chi connectivity index (χ2v) is 2.51. The van der Waals surface area contributed by atoms with E-state index in [-0.39, 0.29) is 12.5 Å². The highest BCUT2D eigenvalue weighted by molar-refractivity contribution is 5.70. The van der Waals surface area contributed by atoms with Crippen LogP contribution in [0.4, 0.5) is 0 Å². The zero-order valence-electron chi connectivity index (χ0n) is 6.37. The summed E-state index contributed by atoms with van der Waals surface area (Å²) in [5, 5.41) is 17.1. The molecule has 2 N–H and O–H groups in total. The van der Waals surface area contributed by atoms with Gasteiger partial charge in [-0.3, -0.25) is 4.79 Å². The number of aliphatic carboxylic acids is 1. The van der Waals surface area contributed by atoms with Gasteiger partial charge in [0.1, 0.15) is 0 Å². The molecular formula is C7H14O3. The SMILES string of the molecule is CCC(C)[C@@H](CO)C(=O)O. The van der Waals surface area contributed by atoms with Crippen LogP contribution >= 0.6 is 0 Å². The van der Waals surface area contributed by atoms with E-state index >= 15 is 0 Å². The maximum atomic E-state index is 10.4. The summed E-state index contributed by atoms with van der Waals surface area (Å²) in [7, 11) is 0. The van der Waals surface area contributed by atoms with E-state index < -0.39 is 11.9 Å². The molecule has 0 amide bonds. The molecule has 0 rings (SSSR count). The summed E-state index contributed by atoms with van der Waals surface area (Å²) in [6.45, 7) is 3.48. The minimum absolute atomic E-state index is 0.0579. The molecule has 60 valence electrons. The van der Waals surface area contributed by atoms with Crippen molar-refractivity contribution in [3.05, 3.63) is 0 Å². The molecule has 0 saturated heterocycles. The summed E-state index contributed by atoms with van der Waals surface area (Å²) in [5.74, 6) is -1.44. The van der Waals surface area contributed by atoms with Gasteiger partial charge in [-0.2, -0.15) is 0 Å². The van der Waals surface area contributed by atoms with Crippen LogP contribution in [-0.2, 0) is 4.79 Å². The zero-order chi connectivity index (χ0) is 8.15. The van der Waals surface area contributed by atoms with E-state index in [1.54, 1.807) is 0 Å². The first-order valence-electron chi connectivity index (χ1n) is 3.47. The van der Waals surface area contributed by atoms with Gasteiger partial charge < -0.3 is 10.2 Å². The highest BCUT2D eigenvalue weighted by Crippen LogP contribution is 2.14. The second kappa shape index (κ2) is 4.28. The quantitative estimate of drug-likeness (QED) is 0.614. The van der Waals surface area contributed by atoms with Crippen molar-refractivity contribution >= 4 is 5.97 Å². The Morgan fingerprint density at radius 1 is 1.60 bits per heavy atom. The first-order chi connectivity index (χ1) is 4.63. The minimum atomic E-state index is -0.906. The molecule has 2 atom stereocenters. The van der Waals surface area contributed by atoms with Crippen LogP contribution in [0, 0.1) is 11.8 Å². The molecule has 0 saturated carbocycles. The molecule has 3 heteroatoms. The van der Waals surface area contributed by atoms with Crippen molar-refractivity contribution in [2.45, 2.75) is 20.3 Å². The number of hydrogen-bond acceptors (Lipinski definition) is 2. The normalized spacial score (nSPS) is 16.3. The van der Waals surface area contributed by atoms with Crippen LogP contribution in [0.25, 0.3) is 0 Å². The number of carboxylic acids is 1. The monoisotopic (exact) mass is 146 g/mol. The molecule has 0 aromatic rings. The van der Waals surface area contributed by atoms with E-state index in [1.807, 2.05) is 13.8 Å². The zero-order valence-corrected chi connectivity index (χ0v) is 6.37. The molecule has 0 bridgehead atoms. The summed E-state index contributed by atoms with van der Waals surface area (Å²) in [6, 6.07) is 0. The van der Waals surface area contributed by atoms with Crippen LogP contribution in [0.1, 0.15) is 20.3 Å². The van der Waals surface area contributed by atoms with Gasteiger partial charge >= 0.3 is 5.97 Å². The predicted molar refractivity (Wildman–Crippen MR) is 37.7 cm³/mol. The van der Waals surface area contributed by atoms with Crippen LogP contribution in [0.3, 0.4) is 0 Å². The maximum Gasteiger partial charge on any atom is 0.309 e. The molecule has 0 fully saturated rings. The topological polar surface area (TPSA) is 57.5 Å². The van der Waals surface area contributed by atoms with Crippen molar-refractivity contribution in [3.8, 4) is 0 Å². The Kier molecular flexibility index (Phi) is 4.03. The second-order valence-electron chi connectivity index (χ2n) is 2.51. The molecule has 3 nitrogen and oxygen atoms in total. The van der Waals surface area contributed by atoms with E-state index in [0.29, 0.717) is 0 Å². The number of aliphatic hydroxyl groups excluding tert-OH is 1. The lowest BCUT2D eigenvalue weighted by molar-refractivity contribution is -0.145. The van der Waals surface area contributed by atoms with E-state index in [4.69, 9.17) is 10.2 Å². The van der Waals surface area contributed by atoms with Crippen molar-refractivity contribution in [1.29, 1.82) is 0 Å². The van der Waals surface area contributed by atoms with Crippen LogP contribution in [0.5, 0.6) is 0 Å². The van der Waals surface area contributed by atoms with Gasteiger partial charge in [0.25, 0.3) is 0 Å². The molecule has 1 unspecified atom stereocenters. The largest absolute Gasteiger partial charge is 0.481 e. The van der Waals surface area contributed by atoms with Crippen molar-refractivity contribution in [1.82, 2.24) is 0 Å². The molecule has 0 heterocycles. The maximum absolute atomic E-state index is 10.4. The van der Waals surface area contributed by atoms with Crippen molar-refractivity contribution in [2.75, 3.05) is 6.61 Å². The lowest BCUT2D eigenvalue weighted by atomic mass is 9.93. The Labute approximate surface area is 60.7 Å². The molecule has 0 spiro atoms. The fourth-order valence-electron chi connectivity index (χ4n) is 0.786. The highest BCUT2D eigenvalue weighted by atomic mass is 16.4. The third kappa shape index (κ3) is 2.35. The molecule has 0 aliphatic rings. The number of hydrogen-bond donors (Lipinski definition) is 2. The van der Waals surface area contributed by atoms with Gasteiger partial charge in [-0.1, -0.05) is 20.3 Å². The van der Waals surface area contributed by atoms with Crippen molar-refractivity contribution < 1.29 is 15.0 Å². The fraction of sp³-hybridized carbons (Fsp3) is 0.857. The van der Waals surface area contributed by atoms with Gasteiger partial charge in [-0.15, -0.1) is 0 Å². The van der Waals surface area contributed by atoms with E-state index in [1.165, 1.54) is 0 Å². The molecule has 0 radical (unpaired) electrons. The van der Waals surface area contributed by atoms with Gasteiger partial charge in [-0.05, 0) is 5.92 Å². The smallest absolute Gasteiger partial charge is 0.309 e. The Morgan fingerprint density at radius 2 is 2.10 bits per heavy atom. The molecule has 0 aromatic heterocycles. The summed E-state index contributed by atoms with van der Waals surface area (Å²) in [4.78, 5) is 10.4. The summed E-state index contributed by atoms with van der Waals surface area (Å²) in [5.41, 5.74) is 0. The number of carboxylic acid groups (broad SMARTS) is 1. The van der Waals surface area contributed by atoms with E-state index in [0.717, 1.165) is 6.42 Å². The van der Waals surface area contributed by atoms with Gasteiger partial charge in [0, 0.05) is 0 Å². The van der Waals surface area contributed by atoms with Gasteiger partial charge in [0.2, 0.25) is 0 Å². The van der Waals surface area contributed by atoms with Crippen LogP contribution in [0.15, 0.2) is 0 Å². The average Bonchev–Trinajstić information content (AvgIpc) is 1.88. The first kappa shape index (κ1) is 9.43.